The maximum atomic E-state index is 9.58. The van der Waals surface area contributed by atoms with Gasteiger partial charge in [-0.2, -0.15) is 0 Å². The van der Waals surface area contributed by atoms with Crippen LogP contribution in [0.1, 0.15) is 11.1 Å². The zero-order chi connectivity index (χ0) is 11.2. The average Bonchev–Trinajstić information content (AvgIpc) is 2.67. The van der Waals surface area contributed by atoms with Crippen LogP contribution in [-0.4, -0.2) is 23.4 Å². The molecule has 0 heterocycles. The molecule has 0 unspecified atom stereocenters. The Hall–Kier alpha value is -1.38. The maximum absolute atomic E-state index is 9.58. The second kappa shape index (κ2) is 3.30. The summed E-state index contributed by atoms with van der Waals surface area (Å²) in [5.74, 6) is 0. The van der Waals surface area contributed by atoms with Gasteiger partial charge in [0, 0.05) is 5.41 Å². The highest BCUT2D eigenvalue weighted by molar-refractivity contribution is 5.92. The fraction of sp³-hybridized carbons (Fsp3) is 0.286. The highest BCUT2D eigenvalue weighted by Crippen LogP contribution is 2.41. The van der Waals surface area contributed by atoms with E-state index in [0.717, 1.165) is 12.0 Å². The number of hydrogen-bond acceptors (Lipinski definition) is 2. The second-order valence-electron chi connectivity index (χ2n) is 4.59. The predicted octanol–water partition coefficient (Wildman–Crippen LogP) is 1.62. The van der Waals surface area contributed by atoms with Crippen LogP contribution in [0.3, 0.4) is 0 Å². The average molecular weight is 214 g/mol. The lowest BCUT2D eigenvalue weighted by molar-refractivity contribution is 0.121. The molecule has 0 atom stereocenters. The lowest BCUT2D eigenvalue weighted by atomic mass is 9.83. The van der Waals surface area contributed by atoms with Crippen LogP contribution < -0.4 is 0 Å². The van der Waals surface area contributed by atoms with Gasteiger partial charge < -0.3 is 10.2 Å². The van der Waals surface area contributed by atoms with Gasteiger partial charge in [0.05, 0.1) is 13.2 Å². The third-order valence-electron chi connectivity index (χ3n) is 3.70. The van der Waals surface area contributed by atoms with Gasteiger partial charge in [0.2, 0.25) is 0 Å². The van der Waals surface area contributed by atoms with Crippen LogP contribution in [0.5, 0.6) is 0 Å². The summed E-state index contributed by atoms with van der Waals surface area (Å²) in [4.78, 5) is 0. The fourth-order valence-corrected chi connectivity index (χ4v) is 2.80. The van der Waals surface area contributed by atoms with E-state index in [2.05, 4.69) is 18.2 Å². The molecule has 16 heavy (non-hydrogen) atoms. The Bertz CT molecular complexity index is 536. The van der Waals surface area contributed by atoms with E-state index in [1.54, 1.807) is 0 Å². The first-order valence-electron chi connectivity index (χ1n) is 5.53. The first-order chi connectivity index (χ1) is 7.80. The molecule has 3 rings (SSSR count). The number of benzene rings is 2. The molecule has 2 heteroatoms. The van der Waals surface area contributed by atoms with Gasteiger partial charge in [-0.1, -0.05) is 36.4 Å². The van der Waals surface area contributed by atoms with Crippen molar-refractivity contribution in [1.29, 1.82) is 0 Å². The SMILES string of the molecule is OCC1(CO)Cc2cccc3cccc1c23. The smallest absolute Gasteiger partial charge is 0.0553 e. The summed E-state index contributed by atoms with van der Waals surface area (Å²) in [7, 11) is 0. The molecular formula is C14H14O2. The van der Waals surface area contributed by atoms with E-state index >= 15 is 0 Å². The minimum Gasteiger partial charge on any atom is -0.395 e. The van der Waals surface area contributed by atoms with Crippen LogP contribution in [0.4, 0.5) is 0 Å². The zero-order valence-electron chi connectivity index (χ0n) is 8.98. The molecule has 2 N–H and O–H groups in total. The van der Waals surface area contributed by atoms with Crippen molar-refractivity contribution in [2.75, 3.05) is 13.2 Å². The van der Waals surface area contributed by atoms with Crippen LogP contribution in [-0.2, 0) is 11.8 Å². The minimum absolute atomic E-state index is 0.00269. The molecule has 0 aliphatic heterocycles. The van der Waals surface area contributed by atoms with Crippen LogP contribution >= 0.6 is 0 Å². The van der Waals surface area contributed by atoms with Gasteiger partial charge in [-0.25, -0.2) is 0 Å². The summed E-state index contributed by atoms with van der Waals surface area (Å²) < 4.78 is 0. The molecule has 0 spiro atoms. The highest BCUT2D eigenvalue weighted by Gasteiger charge is 2.38. The van der Waals surface area contributed by atoms with Crippen molar-refractivity contribution in [2.45, 2.75) is 11.8 Å². The lowest BCUT2D eigenvalue weighted by Crippen LogP contribution is -2.34. The van der Waals surface area contributed by atoms with Crippen molar-refractivity contribution < 1.29 is 10.2 Å². The van der Waals surface area contributed by atoms with E-state index in [0.29, 0.717) is 0 Å². The van der Waals surface area contributed by atoms with Gasteiger partial charge in [-0.05, 0) is 28.3 Å². The Morgan fingerprint density at radius 1 is 1.00 bits per heavy atom. The summed E-state index contributed by atoms with van der Waals surface area (Å²) in [5.41, 5.74) is 1.84. The van der Waals surface area contributed by atoms with Crippen molar-refractivity contribution in [3.63, 3.8) is 0 Å². The van der Waals surface area contributed by atoms with Crippen LogP contribution in [0.25, 0.3) is 10.8 Å². The number of aliphatic hydroxyl groups excluding tert-OH is 2. The van der Waals surface area contributed by atoms with Gasteiger partial charge >= 0.3 is 0 Å². The topological polar surface area (TPSA) is 40.5 Å². The quantitative estimate of drug-likeness (QED) is 0.797. The van der Waals surface area contributed by atoms with Crippen molar-refractivity contribution in [2.24, 2.45) is 0 Å². The van der Waals surface area contributed by atoms with E-state index in [1.807, 2.05) is 18.2 Å². The van der Waals surface area contributed by atoms with Crippen molar-refractivity contribution in [3.05, 3.63) is 47.5 Å². The Labute approximate surface area is 94.2 Å². The minimum atomic E-state index is -0.483. The van der Waals surface area contributed by atoms with E-state index < -0.39 is 5.41 Å². The van der Waals surface area contributed by atoms with Gasteiger partial charge in [0.1, 0.15) is 0 Å². The Kier molecular flexibility index (Phi) is 2.03. The normalized spacial score (nSPS) is 16.9. The summed E-state index contributed by atoms with van der Waals surface area (Å²) >= 11 is 0. The first kappa shape index (κ1) is 9.82. The molecule has 82 valence electrons. The maximum Gasteiger partial charge on any atom is 0.0553 e. The standard InChI is InChI=1S/C14H14O2/c15-8-14(9-16)7-11-5-1-3-10-4-2-6-12(14)13(10)11/h1-6,15-16H,7-9H2. The molecule has 2 aromatic rings. The largest absolute Gasteiger partial charge is 0.395 e. The molecule has 0 aromatic heterocycles. The number of hydrogen-bond donors (Lipinski definition) is 2. The van der Waals surface area contributed by atoms with Crippen LogP contribution in [0.2, 0.25) is 0 Å². The molecule has 1 aliphatic carbocycles. The van der Waals surface area contributed by atoms with Gasteiger partial charge in [-0.15, -0.1) is 0 Å². The third-order valence-corrected chi connectivity index (χ3v) is 3.70. The Balaban J connectivity index is 2.36. The highest BCUT2D eigenvalue weighted by atomic mass is 16.3. The molecule has 0 amide bonds. The van der Waals surface area contributed by atoms with Crippen LogP contribution in [0.15, 0.2) is 36.4 Å². The molecule has 2 nitrogen and oxygen atoms in total. The Morgan fingerprint density at radius 3 is 2.38 bits per heavy atom. The number of rotatable bonds is 2. The molecule has 0 fully saturated rings. The fourth-order valence-electron chi connectivity index (χ4n) is 2.80. The first-order valence-corrected chi connectivity index (χ1v) is 5.53. The summed E-state index contributed by atoms with van der Waals surface area (Å²) in [6.07, 6.45) is 0.733. The van der Waals surface area contributed by atoms with E-state index in [1.165, 1.54) is 16.3 Å². The molecule has 0 saturated carbocycles. The molecule has 0 radical (unpaired) electrons. The molecule has 0 bridgehead atoms. The summed E-state index contributed by atoms with van der Waals surface area (Å²) in [5, 5.41) is 21.6. The Morgan fingerprint density at radius 2 is 1.69 bits per heavy atom. The van der Waals surface area contributed by atoms with Crippen molar-refractivity contribution >= 4 is 10.8 Å². The van der Waals surface area contributed by atoms with Crippen LogP contribution in [0, 0.1) is 0 Å². The lowest BCUT2D eigenvalue weighted by Gasteiger charge is -2.25. The second-order valence-corrected chi connectivity index (χ2v) is 4.59. The predicted molar refractivity (Wildman–Crippen MR) is 63.5 cm³/mol. The molecule has 0 saturated heterocycles. The van der Waals surface area contributed by atoms with Crippen molar-refractivity contribution in [3.8, 4) is 0 Å². The van der Waals surface area contributed by atoms with Crippen molar-refractivity contribution in [1.82, 2.24) is 0 Å². The van der Waals surface area contributed by atoms with E-state index in [-0.39, 0.29) is 13.2 Å². The van der Waals surface area contributed by atoms with Gasteiger partial charge in [0.15, 0.2) is 0 Å². The number of aliphatic hydroxyl groups is 2. The molecular weight excluding hydrogens is 200 g/mol. The summed E-state index contributed by atoms with van der Waals surface area (Å²) in [6.45, 7) is -0.00537. The third kappa shape index (κ3) is 1.09. The molecule has 2 aromatic carbocycles. The zero-order valence-corrected chi connectivity index (χ0v) is 8.98. The summed E-state index contributed by atoms with van der Waals surface area (Å²) in [6, 6.07) is 12.3. The van der Waals surface area contributed by atoms with E-state index in [9.17, 15) is 10.2 Å². The van der Waals surface area contributed by atoms with Gasteiger partial charge in [-0.3, -0.25) is 0 Å². The van der Waals surface area contributed by atoms with Gasteiger partial charge in [0.25, 0.3) is 0 Å². The van der Waals surface area contributed by atoms with E-state index in [4.69, 9.17) is 0 Å². The molecule has 1 aliphatic rings. The monoisotopic (exact) mass is 214 g/mol.